The smallest absolute Gasteiger partial charge is 0.315 e. The van der Waals surface area contributed by atoms with Gasteiger partial charge in [0, 0.05) is 30.5 Å². The van der Waals surface area contributed by atoms with Gasteiger partial charge in [-0.2, -0.15) is 0 Å². The van der Waals surface area contributed by atoms with Gasteiger partial charge in [0.2, 0.25) is 0 Å². The number of nitrogens with one attached hydrogen (secondary N) is 2. The van der Waals surface area contributed by atoms with Crippen molar-refractivity contribution in [1.82, 2.24) is 10.6 Å². The lowest BCUT2D eigenvalue weighted by Crippen LogP contribution is -2.49. The molecule has 0 saturated carbocycles. The molecule has 1 aromatic carbocycles. The van der Waals surface area contributed by atoms with E-state index in [9.17, 15) is 4.79 Å². The second-order valence-corrected chi connectivity index (χ2v) is 6.39. The van der Waals surface area contributed by atoms with Crippen LogP contribution in [0.2, 0.25) is 0 Å². The third-order valence-electron chi connectivity index (χ3n) is 4.52. The molecule has 0 aromatic heterocycles. The third kappa shape index (κ3) is 4.21. The average molecular weight is 290 g/mol. The molecule has 0 aliphatic carbocycles. The summed E-state index contributed by atoms with van der Waals surface area (Å²) < 4.78 is 5.31. The van der Waals surface area contributed by atoms with Crippen molar-refractivity contribution in [2.24, 2.45) is 5.92 Å². The zero-order valence-corrected chi connectivity index (χ0v) is 13.2. The Hall–Kier alpha value is -1.55. The summed E-state index contributed by atoms with van der Waals surface area (Å²) >= 11 is 0. The summed E-state index contributed by atoms with van der Waals surface area (Å²) in [6, 6.07) is 10.2. The van der Waals surface area contributed by atoms with E-state index in [4.69, 9.17) is 4.74 Å². The van der Waals surface area contributed by atoms with Gasteiger partial charge in [-0.1, -0.05) is 44.2 Å². The minimum absolute atomic E-state index is 0.0414. The lowest BCUT2D eigenvalue weighted by molar-refractivity contribution is 0.184. The molecule has 21 heavy (non-hydrogen) atoms. The van der Waals surface area contributed by atoms with Gasteiger partial charge in [-0.25, -0.2) is 4.79 Å². The van der Waals surface area contributed by atoms with Crippen molar-refractivity contribution in [1.29, 1.82) is 0 Å². The maximum absolute atomic E-state index is 12.0. The minimum atomic E-state index is -0.116. The Balaban J connectivity index is 1.84. The molecule has 1 aliphatic rings. The van der Waals surface area contributed by atoms with E-state index >= 15 is 0 Å². The highest BCUT2D eigenvalue weighted by Gasteiger charge is 2.29. The van der Waals surface area contributed by atoms with Gasteiger partial charge in [-0.3, -0.25) is 0 Å². The Morgan fingerprint density at radius 1 is 1.38 bits per heavy atom. The molecular formula is C17H26N2O2. The number of urea groups is 1. The zero-order valence-electron chi connectivity index (χ0n) is 13.2. The van der Waals surface area contributed by atoms with Gasteiger partial charge in [0.15, 0.2) is 0 Å². The highest BCUT2D eigenvalue weighted by atomic mass is 16.5. The van der Waals surface area contributed by atoms with Gasteiger partial charge in [0.25, 0.3) is 0 Å². The first-order valence-corrected chi connectivity index (χ1v) is 7.68. The van der Waals surface area contributed by atoms with Crippen molar-refractivity contribution in [3.63, 3.8) is 0 Å². The van der Waals surface area contributed by atoms with Crippen molar-refractivity contribution < 1.29 is 9.53 Å². The van der Waals surface area contributed by atoms with Crippen LogP contribution in [0.4, 0.5) is 4.79 Å². The summed E-state index contributed by atoms with van der Waals surface area (Å²) in [6.45, 7) is 8.60. The molecule has 2 amide bonds. The highest BCUT2D eigenvalue weighted by molar-refractivity contribution is 5.74. The van der Waals surface area contributed by atoms with Crippen LogP contribution >= 0.6 is 0 Å². The van der Waals surface area contributed by atoms with E-state index < -0.39 is 0 Å². The van der Waals surface area contributed by atoms with Crippen LogP contribution in [0.25, 0.3) is 0 Å². The average Bonchev–Trinajstić information content (AvgIpc) is 2.99. The van der Waals surface area contributed by atoms with Gasteiger partial charge < -0.3 is 15.4 Å². The normalized spacial score (nSPS) is 20.0. The Morgan fingerprint density at radius 3 is 2.71 bits per heavy atom. The first-order chi connectivity index (χ1) is 10.00. The molecule has 1 saturated heterocycles. The van der Waals surface area contributed by atoms with Crippen LogP contribution in [0.1, 0.15) is 32.8 Å². The number of rotatable bonds is 5. The van der Waals surface area contributed by atoms with E-state index in [1.807, 2.05) is 25.1 Å². The monoisotopic (exact) mass is 290 g/mol. The van der Waals surface area contributed by atoms with Crippen LogP contribution in [0.15, 0.2) is 30.3 Å². The predicted octanol–water partition coefficient (Wildman–Crippen LogP) is 2.69. The summed E-state index contributed by atoms with van der Waals surface area (Å²) in [6.07, 6.45) is 1.03. The van der Waals surface area contributed by atoms with Gasteiger partial charge >= 0.3 is 6.03 Å². The molecule has 2 N–H and O–H groups in total. The molecule has 0 bridgehead atoms. The third-order valence-corrected chi connectivity index (χ3v) is 4.52. The fraction of sp³-hybridized carbons (Fsp3) is 0.588. The van der Waals surface area contributed by atoms with E-state index in [2.05, 4.69) is 36.6 Å². The van der Waals surface area contributed by atoms with E-state index in [0.717, 1.165) is 19.6 Å². The number of carbonyl (C=O) groups excluding carboxylic acids is 1. The topological polar surface area (TPSA) is 50.4 Å². The number of benzene rings is 1. The second-order valence-electron chi connectivity index (χ2n) is 6.39. The summed E-state index contributed by atoms with van der Waals surface area (Å²) in [5.41, 5.74) is 1.11. The highest BCUT2D eigenvalue weighted by Crippen LogP contribution is 2.26. The SMILES string of the molecule is CC(NC(=O)NCC1CCOC1)C(C)(C)c1ccccc1. The van der Waals surface area contributed by atoms with Crippen LogP contribution in [0.5, 0.6) is 0 Å². The van der Waals surface area contributed by atoms with Crippen molar-refractivity contribution >= 4 is 6.03 Å². The van der Waals surface area contributed by atoms with Crippen LogP contribution in [0.3, 0.4) is 0 Å². The number of carbonyl (C=O) groups is 1. The van der Waals surface area contributed by atoms with Crippen LogP contribution in [-0.2, 0) is 10.2 Å². The van der Waals surface area contributed by atoms with Gasteiger partial charge in [0.1, 0.15) is 0 Å². The summed E-state index contributed by atoms with van der Waals surface area (Å²) in [5.74, 6) is 0.452. The van der Waals surface area contributed by atoms with Gasteiger partial charge in [0.05, 0.1) is 6.61 Å². The molecule has 1 heterocycles. The van der Waals surface area contributed by atoms with Gasteiger partial charge in [-0.15, -0.1) is 0 Å². The standard InChI is InChI=1S/C17H26N2O2/c1-13(17(2,3)15-7-5-4-6-8-15)19-16(20)18-11-14-9-10-21-12-14/h4-8,13-14H,9-12H2,1-3H3,(H2,18,19,20). The van der Waals surface area contributed by atoms with Crippen molar-refractivity contribution in [3.8, 4) is 0 Å². The first-order valence-electron chi connectivity index (χ1n) is 7.68. The van der Waals surface area contributed by atoms with Crippen molar-refractivity contribution in [2.75, 3.05) is 19.8 Å². The molecule has 2 rings (SSSR count). The maximum Gasteiger partial charge on any atom is 0.315 e. The minimum Gasteiger partial charge on any atom is -0.381 e. The number of hydrogen-bond acceptors (Lipinski definition) is 2. The molecule has 116 valence electrons. The Morgan fingerprint density at radius 2 is 2.10 bits per heavy atom. The van der Waals surface area contributed by atoms with Crippen LogP contribution < -0.4 is 10.6 Å². The fourth-order valence-corrected chi connectivity index (χ4v) is 2.53. The zero-order chi connectivity index (χ0) is 15.3. The molecule has 0 spiro atoms. The Bertz CT molecular complexity index is 453. The Kier molecular flexibility index (Phi) is 5.23. The molecule has 4 nitrogen and oxygen atoms in total. The molecule has 1 aromatic rings. The summed E-state index contributed by atoms with van der Waals surface area (Å²) in [7, 11) is 0. The summed E-state index contributed by atoms with van der Waals surface area (Å²) in [5, 5.41) is 6.00. The molecule has 2 unspecified atom stereocenters. The quantitative estimate of drug-likeness (QED) is 0.876. The summed E-state index contributed by atoms with van der Waals surface area (Å²) in [4.78, 5) is 12.0. The molecule has 4 heteroatoms. The van der Waals surface area contributed by atoms with Crippen LogP contribution in [-0.4, -0.2) is 31.8 Å². The number of amides is 2. The van der Waals surface area contributed by atoms with E-state index in [-0.39, 0.29) is 17.5 Å². The van der Waals surface area contributed by atoms with Gasteiger partial charge in [-0.05, 0) is 18.9 Å². The largest absolute Gasteiger partial charge is 0.381 e. The number of hydrogen-bond donors (Lipinski definition) is 2. The fourth-order valence-electron chi connectivity index (χ4n) is 2.53. The first kappa shape index (κ1) is 15.8. The molecule has 2 atom stereocenters. The lowest BCUT2D eigenvalue weighted by Gasteiger charge is -2.33. The second kappa shape index (κ2) is 6.94. The lowest BCUT2D eigenvalue weighted by atomic mass is 9.78. The Labute approximate surface area is 127 Å². The van der Waals surface area contributed by atoms with Crippen LogP contribution in [0, 0.1) is 5.92 Å². The predicted molar refractivity (Wildman–Crippen MR) is 84.4 cm³/mol. The number of ether oxygens (including phenoxy) is 1. The molecular weight excluding hydrogens is 264 g/mol. The molecule has 0 radical (unpaired) electrons. The van der Waals surface area contributed by atoms with Crippen molar-refractivity contribution in [2.45, 2.75) is 38.6 Å². The maximum atomic E-state index is 12.0. The molecule has 1 fully saturated rings. The van der Waals surface area contributed by atoms with E-state index in [1.165, 1.54) is 5.56 Å². The van der Waals surface area contributed by atoms with E-state index in [0.29, 0.717) is 12.5 Å². The van der Waals surface area contributed by atoms with E-state index in [1.54, 1.807) is 0 Å². The molecule has 1 aliphatic heterocycles. The van der Waals surface area contributed by atoms with Crippen molar-refractivity contribution in [3.05, 3.63) is 35.9 Å².